The molecule has 0 amide bonds. The molecule has 3 aliphatic heterocycles. The second-order valence-corrected chi connectivity index (χ2v) is 10.0. The Kier molecular flexibility index (Phi) is 4.45. The van der Waals surface area contributed by atoms with E-state index in [1.165, 1.54) is 17.8 Å². The number of fused-ring (bicyclic) bond motifs is 3. The maximum atomic E-state index is 13.2. The van der Waals surface area contributed by atoms with E-state index in [-0.39, 0.29) is 11.2 Å². The molecule has 166 valence electrons. The lowest BCUT2D eigenvalue weighted by molar-refractivity contribution is 0.153. The number of anilines is 2. The van der Waals surface area contributed by atoms with Crippen molar-refractivity contribution in [3.63, 3.8) is 0 Å². The zero-order chi connectivity index (χ0) is 22.0. The Hall–Kier alpha value is -2.71. The molecule has 2 aromatic heterocycles. The number of benzene rings is 1. The average molecular weight is 454 g/mol. The van der Waals surface area contributed by atoms with Crippen molar-refractivity contribution in [2.45, 2.75) is 33.0 Å². The van der Waals surface area contributed by atoms with Gasteiger partial charge >= 0.3 is 0 Å². The molecule has 5 heterocycles. The quantitative estimate of drug-likeness (QED) is 0.605. The average Bonchev–Trinajstić information content (AvgIpc) is 3.02. The number of rotatable bonds is 3. The van der Waals surface area contributed by atoms with Gasteiger partial charge < -0.3 is 9.80 Å². The Balaban J connectivity index is 1.24. The summed E-state index contributed by atoms with van der Waals surface area (Å²) in [5.41, 5.74) is 2.54. The van der Waals surface area contributed by atoms with Crippen LogP contribution in [0.3, 0.4) is 0 Å². The number of nitrogens with zero attached hydrogens (tertiary/aromatic N) is 7. The van der Waals surface area contributed by atoms with Crippen LogP contribution in [0, 0.1) is 11.2 Å². The molecule has 0 unspecified atom stereocenters. The van der Waals surface area contributed by atoms with Crippen LogP contribution in [0.15, 0.2) is 36.5 Å². The third kappa shape index (κ3) is 3.16. The first-order valence-electron chi connectivity index (χ1n) is 11.0. The van der Waals surface area contributed by atoms with Gasteiger partial charge in [0.05, 0.1) is 18.4 Å². The molecule has 0 bridgehead atoms. The largest absolute Gasteiger partial charge is 0.355 e. The normalized spacial score (nSPS) is 19.4. The first kappa shape index (κ1) is 19.9. The van der Waals surface area contributed by atoms with Crippen molar-refractivity contribution in [3.05, 3.63) is 58.8 Å². The Morgan fingerprint density at radius 3 is 2.50 bits per heavy atom. The van der Waals surface area contributed by atoms with Crippen LogP contribution in [-0.2, 0) is 13.1 Å². The summed E-state index contributed by atoms with van der Waals surface area (Å²) in [6, 6.07) is 9.69. The van der Waals surface area contributed by atoms with Crippen molar-refractivity contribution in [2.24, 2.45) is 5.41 Å². The van der Waals surface area contributed by atoms with Gasteiger partial charge in [-0.3, -0.25) is 9.47 Å². The SMILES string of the molecule is CC(C)N1Cc2cc(Cl)ccc2-n2c(nnc2N2CC3(CN(c4ccc(F)cn4)C3)C2)C1. The minimum atomic E-state index is -0.302. The van der Waals surface area contributed by atoms with Crippen molar-refractivity contribution in [3.8, 4) is 5.69 Å². The van der Waals surface area contributed by atoms with Gasteiger partial charge in [-0.25, -0.2) is 9.37 Å². The van der Waals surface area contributed by atoms with Gasteiger partial charge in [0, 0.05) is 49.2 Å². The first-order chi connectivity index (χ1) is 15.4. The van der Waals surface area contributed by atoms with E-state index in [9.17, 15) is 4.39 Å². The maximum absolute atomic E-state index is 13.2. The molecule has 1 spiro atoms. The van der Waals surface area contributed by atoms with Gasteiger partial charge in [-0.2, -0.15) is 0 Å². The lowest BCUT2D eigenvalue weighted by Crippen LogP contribution is -2.73. The van der Waals surface area contributed by atoms with Gasteiger partial charge in [0.15, 0.2) is 5.82 Å². The van der Waals surface area contributed by atoms with Crippen LogP contribution in [0.4, 0.5) is 16.2 Å². The highest BCUT2D eigenvalue weighted by molar-refractivity contribution is 6.30. The summed E-state index contributed by atoms with van der Waals surface area (Å²) in [5, 5.41) is 9.92. The van der Waals surface area contributed by atoms with Gasteiger partial charge in [0.2, 0.25) is 5.95 Å². The standard InChI is InChI=1S/C23H25ClFN7/c1-15(2)29-9-16-7-17(24)3-5-19(16)32-21(10-29)27-28-22(32)31-13-23(14-31)11-30(12-23)20-6-4-18(25)8-26-20/h3-8,15H,9-14H2,1-2H3. The van der Waals surface area contributed by atoms with Crippen LogP contribution in [-0.4, -0.2) is 56.9 Å². The van der Waals surface area contributed by atoms with Crippen molar-refractivity contribution < 1.29 is 4.39 Å². The fourth-order valence-corrected chi connectivity index (χ4v) is 5.36. The number of halogens is 2. The molecule has 6 rings (SSSR count). The van der Waals surface area contributed by atoms with E-state index in [0.717, 1.165) is 67.6 Å². The van der Waals surface area contributed by atoms with E-state index >= 15 is 0 Å². The second-order valence-electron chi connectivity index (χ2n) is 9.57. The summed E-state index contributed by atoms with van der Waals surface area (Å²) in [6.45, 7) is 9.70. The molecule has 2 fully saturated rings. The lowest BCUT2D eigenvalue weighted by atomic mass is 9.73. The van der Waals surface area contributed by atoms with Gasteiger partial charge in [-0.15, -0.1) is 10.2 Å². The highest BCUT2D eigenvalue weighted by Crippen LogP contribution is 2.44. The van der Waals surface area contributed by atoms with Crippen molar-refractivity contribution >= 4 is 23.4 Å². The predicted octanol–water partition coefficient (Wildman–Crippen LogP) is 3.51. The molecule has 2 saturated heterocycles. The van der Waals surface area contributed by atoms with Crippen LogP contribution >= 0.6 is 11.6 Å². The van der Waals surface area contributed by atoms with E-state index < -0.39 is 0 Å². The van der Waals surface area contributed by atoms with Crippen LogP contribution in [0.2, 0.25) is 5.02 Å². The summed E-state index contributed by atoms with van der Waals surface area (Å²) < 4.78 is 15.4. The van der Waals surface area contributed by atoms with E-state index in [1.54, 1.807) is 6.07 Å². The fourth-order valence-electron chi connectivity index (χ4n) is 5.17. The third-order valence-electron chi connectivity index (χ3n) is 6.87. The summed E-state index contributed by atoms with van der Waals surface area (Å²) in [6.07, 6.45) is 1.28. The molecular formula is C23H25ClFN7. The molecule has 7 nitrogen and oxygen atoms in total. The van der Waals surface area contributed by atoms with Gasteiger partial charge in [0.1, 0.15) is 11.6 Å². The smallest absolute Gasteiger partial charge is 0.231 e. The molecular weight excluding hydrogens is 429 g/mol. The minimum Gasteiger partial charge on any atom is -0.355 e. The third-order valence-corrected chi connectivity index (χ3v) is 7.10. The topological polar surface area (TPSA) is 53.3 Å². The number of hydrogen-bond acceptors (Lipinski definition) is 6. The molecule has 0 atom stereocenters. The maximum Gasteiger partial charge on any atom is 0.231 e. The van der Waals surface area contributed by atoms with E-state index in [1.807, 2.05) is 6.07 Å². The van der Waals surface area contributed by atoms with Gasteiger partial charge in [-0.1, -0.05) is 11.6 Å². The van der Waals surface area contributed by atoms with Gasteiger partial charge in [-0.05, 0) is 49.7 Å². The summed E-state index contributed by atoms with van der Waals surface area (Å²) in [5.74, 6) is 2.40. The van der Waals surface area contributed by atoms with Crippen molar-refractivity contribution in [1.29, 1.82) is 0 Å². The monoisotopic (exact) mass is 453 g/mol. The number of hydrogen-bond donors (Lipinski definition) is 0. The van der Waals surface area contributed by atoms with Crippen LogP contribution < -0.4 is 9.80 Å². The van der Waals surface area contributed by atoms with E-state index in [2.05, 4.69) is 60.4 Å². The van der Waals surface area contributed by atoms with Crippen LogP contribution in [0.5, 0.6) is 0 Å². The Labute approximate surface area is 191 Å². The molecule has 32 heavy (non-hydrogen) atoms. The molecule has 0 radical (unpaired) electrons. The van der Waals surface area contributed by atoms with E-state index in [0.29, 0.717) is 6.04 Å². The molecule has 1 aromatic carbocycles. The van der Waals surface area contributed by atoms with Crippen LogP contribution in [0.25, 0.3) is 5.69 Å². The summed E-state index contributed by atoms with van der Waals surface area (Å²) in [7, 11) is 0. The highest BCUT2D eigenvalue weighted by atomic mass is 35.5. The zero-order valence-electron chi connectivity index (χ0n) is 18.2. The predicted molar refractivity (Wildman–Crippen MR) is 122 cm³/mol. The number of aromatic nitrogens is 4. The highest BCUT2D eigenvalue weighted by Gasteiger charge is 2.53. The molecule has 0 saturated carbocycles. The van der Waals surface area contributed by atoms with Crippen molar-refractivity contribution in [1.82, 2.24) is 24.6 Å². The van der Waals surface area contributed by atoms with Crippen molar-refractivity contribution in [2.75, 3.05) is 36.0 Å². The second kappa shape index (κ2) is 7.15. The lowest BCUT2D eigenvalue weighted by Gasteiger charge is -2.60. The first-order valence-corrected chi connectivity index (χ1v) is 11.4. The molecule has 3 aliphatic rings. The minimum absolute atomic E-state index is 0.236. The number of pyridine rings is 1. The summed E-state index contributed by atoms with van der Waals surface area (Å²) >= 11 is 6.34. The Morgan fingerprint density at radius 2 is 1.78 bits per heavy atom. The molecule has 9 heteroatoms. The van der Waals surface area contributed by atoms with Gasteiger partial charge in [0.25, 0.3) is 0 Å². The fraction of sp³-hybridized carbons (Fsp3) is 0.435. The Bertz CT molecular complexity index is 1160. The van der Waals surface area contributed by atoms with Crippen LogP contribution in [0.1, 0.15) is 25.2 Å². The van der Waals surface area contributed by atoms with E-state index in [4.69, 9.17) is 11.6 Å². The summed E-state index contributed by atoms with van der Waals surface area (Å²) in [4.78, 5) is 11.1. The molecule has 0 aliphatic carbocycles. The Morgan fingerprint density at radius 1 is 1.00 bits per heavy atom. The molecule has 0 N–H and O–H groups in total. The zero-order valence-corrected chi connectivity index (χ0v) is 18.9. The molecule has 3 aromatic rings.